The van der Waals surface area contributed by atoms with Crippen molar-refractivity contribution in [1.29, 1.82) is 0 Å². The standard InChI is InChI=1S/C13H19N3O/c1-9(14)13-5-2-10(6-15-13)16-7-11-3-4-12(8-16)17-11/h2,5-6,9,11-12H,3-4,7-8,14H2,1H3/t9-,11?,12?/m1/s1. The lowest BCUT2D eigenvalue weighted by atomic mass is 10.2. The van der Waals surface area contributed by atoms with E-state index in [9.17, 15) is 0 Å². The number of rotatable bonds is 2. The fourth-order valence-electron chi connectivity index (χ4n) is 2.68. The molecule has 0 amide bonds. The third-order valence-corrected chi connectivity index (χ3v) is 3.65. The molecule has 4 heteroatoms. The van der Waals surface area contributed by atoms with Gasteiger partial charge in [0.25, 0.3) is 0 Å². The Morgan fingerprint density at radius 3 is 2.59 bits per heavy atom. The molecule has 2 saturated heterocycles. The van der Waals surface area contributed by atoms with Gasteiger partial charge in [0.15, 0.2) is 0 Å². The summed E-state index contributed by atoms with van der Waals surface area (Å²) in [6.07, 6.45) is 5.17. The first-order valence-electron chi connectivity index (χ1n) is 6.34. The number of ether oxygens (including phenoxy) is 1. The Bertz CT molecular complexity index is 378. The van der Waals surface area contributed by atoms with Gasteiger partial charge in [-0.05, 0) is 31.9 Å². The molecule has 0 aromatic carbocycles. The van der Waals surface area contributed by atoms with Crippen LogP contribution in [0.5, 0.6) is 0 Å². The van der Waals surface area contributed by atoms with Gasteiger partial charge in [0.1, 0.15) is 0 Å². The summed E-state index contributed by atoms with van der Waals surface area (Å²) in [7, 11) is 0. The molecule has 1 aromatic heterocycles. The average molecular weight is 233 g/mol. The summed E-state index contributed by atoms with van der Waals surface area (Å²) < 4.78 is 5.83. The van der Waals surface area contributed by atoms with Gasteiger partial charge in [-0.1, -0.05) is 0 Å². The number of aromatic nitrogens is 1. The minimum absolute atomic E-state index is 0.00456. The summed E-state index contributed by atoms with van der Waals surface area (Å²) in [6.45, 7) is 3.95. The molecule has 0 saturated carbocycles. The second-order valence-corrected chi connectivity index (χ2v) is 5.09. The van der Waals surface area contributed by atoms with Crippen LogP contribution >= 0.6 is 0 Å². The molecule has 2 unspecified atom stereocenters. The van der Waals surface area contributed by atoms with Crippen molar-refractivity contribution < 1.29 is 4.74 Å². The summed E-state index contributed by atoms with van der Waals surface area (Å²) >= 11 is 0. The van der Waals surface area contributed by atoms with Gasteiger partial charge in [-0.2, -0.15) is 0 Å². The number of nitrogens with zero attached hydrogens (tertiary/aromatic N) is 2. The lowest BCUT2D eigenvalue weighted by Gasteiger charge is -2.33. The largest absolute Gasteiger partial charge is 0.371 e. The molecule has 3 heterocycles. The topological polar surface area (TPSA) is 51.4 Å². The third kappa shape index (κ3) is 2.15. The molecule has 2 aliphatic rings. The van der Waals surface area contributed by atoms with Gasteiger partial charge in [0, 0.05) is 19.1 Å². The van der Waals surface area contributed by atoms with Crippen LogP contribution in [0.1, 0.15) is 31.5 Å². The van der Waals surface area contributed by atoms with Crippen LogP contribution in [0.2, 0.25) is 0 Å². The van der Waals surface area contributed by atoms with Gasteiger partial charge in [0.05, 0.1) is 29.8 Å². The van der Waals surface area contributed by atoms with Crippen LogP contribution in [0.15, 0.2) is 18.3 Å². The fraction of sp³-hybridized carbons (Fsp3) is 0.615. The number of hydrogen-bond donors (Lipinski definition) is 1. The molecule has 2 aliphatic heterocycles. The molecule has 1 aromatic rings. The van der Waals surface area contributed by atoms with E-state index in [-0.39, 0.29) is 6.04 Å². The van der Waals surface area contributed by atoms with E-state index in [1.54, 1.807) is 0 Å². The molecule has 17 heavy (non-hydrogen) atoms. The van der Waals surface area contributed by atoms with Crippen molar-refractivity contribution in [2.45, 2.75) is 38.0 Å². The average Bonchev–Trinajstić information content (AvgIpc) is 2.68. The van der Waals surface area contributed by atoms with E-state index in [1.807, 2.05) is 19.2 Å². The first-order chi connectivity index (χ1) is 8.22. The van der Waals surface area contributed by atoms with Gasteiger partial charge < -0.3 is 15.4 Å². The van der Waals surface area contributed by atoms with Crippen LogP contribution in [0.3, 0.4) is 0 Å². The van der Waals surface area contributed by atoms with Crippen LogP contribution in [-0.4, -0.2) is 30.3 Å². The van der Waals surface area contributed by atoms with Gasteiger partial charge in [-0.25, -0.2) is 0 Å². The molecule has 3 atom stereocenters. The zero-order valence-electron chi connectivity index (χ0n) is 10.2. The maximum absolute atomic E-state index is 5.83. The first-order valence-corrected chi connectivity index (χ1v) is 6.34. The minimum atomic E-state index is 0.00456. The van der Waals surface area contributed by atoms with Gasteiger partial charge >= 0.3 is 0 Å². The van der Waals surface area contributed by atoms with Gasteiger partial charge in [-0.15, -0.1) is 0 Å². The van der Waals surface area contributed by atoms with Crippen molar-refractivity contribution >= 4 is 5.69 Å². The molecule has 0 aliphatic carbocycles. The monoisotopic (exact) mass is 233 g/mol. The molecule has 2 fully saturated rings. The summed E-state index contributed by atoms with van der Waals surface area (Å²) in [5.41, 5.74) is 7.94. The van der Waals surface area contributed by atoms with Crippen molar-refractivity contribution in [2.24, 2.45) is 5.73 Å². The normalized spacial score (nSPS) is 29.4. The number of morpholine rings is 1. The highest BCUT2D eigenvalue weighted by atomic mass is 16.5. The second-order valence-electron chi connectivity index (χ2n) is 5.09. The maximum Gasteiger partial charge on any atom is 0.0755 e. The van der Waals surface area contributed by atoms with Crippen molar-refractivity contribution in [3.05, 3.63) is 24.0 Å². The van der Waals surface area contributed by atoms with E-state index in [2.05, 4.69) is 16.0 Å². The smallest absolute Gasteiger partial charge is 0.0755 e. The SMILES string of the molecule is C[C@@H](N)c1ccc(N2CC3CCC(C2)O3)cn1. The molecule has 0 radical (unpaired) electrons. The summed E-state index contributed by atoms with van der Waals surface area (Å²) in [5.74, 6) is 0. The second kappa shape index (κ2) is 4.27. The molecule has 3 rings (SSSR count). The Balaban J connectivity index is 1.75. The number of hydrogen-bond acceptors (Lipinski definition) is 4. The summed E-state index contributed by atoms with van der Waals surface area (Å²) in [4.78, 5) is 6.80. The van der Waals surface area contributed by atoms with E-state index in [1.165, 1.54) is 18.5 Å². The lowest BCUT2D eigenvalue weighted by Crippen LogP contribution is -2.42. The Hall–Kier alpha value is -1.13. The Kier molecular flexibility index (Phi) is 2.76. The van der Waals surface area contributed by atoms with E-state index in [4.69, 9.17) is 10.5 Å². The number of anilines is 1. The minimum Gasteiger partial charge on any atom is -0.371 e. The van der Waals surface area contributed by atoms with E-state index >= 15 is 0 Å². The fourth-order valence-corrected chi connectivity index (χ4v) is 2.68. The first kappa shape index (κ1) is 11.0. The number of fused-ring (bicyclic) bond motifs is 2. The van der Waals surface area contributed by atoms with Gasteiger partial charge in [-0.3, -0.25) is 4.98 Å². The van der Waals surface area contributed by atoms with Crippen molar-refractivity contribution in [2.75, 3.05) is 18.0 Å². The molecule has 2 N–H and O–H groups in total. The van der Waals surface area contributed by atoms with Crippen LogP contribution in [-0.2, 0) is 4.74 Å². The zero-order valence-corrected chi connectivity index (χ0v) is 10.2. The van der Waals surface area contributed by atoms with Gasteiger partial charge in [0.2, 0.25) is 0 Å². The Morgan fingerprint density at radius 2 is 2.06 bits per heavy atom. The molecular formula is C13H19N3O. The van der Waals surface area contributed by atoms with E-state index in [0.717, 1.165) is 18.8 Å². The third-order valence-electron chi connectivity index (χ3n) is 3.65. The van der Waals surface area contributed by atoms with Crippen LogP contribution < -0.4 is 10.6 Å². The summed E-state index contributed by atoms with van der Waals surface area (Å²) in [6, 6.07) is 4.15. The maximum atomic E-state index is 5.83. The van der Waals surface area contributed by atoms with E-state index in [0.29, 0.717) is 12.2 Å². The number of nitrogens with two attached hydrogens (primary N) is 1. The quantitative estimate of drug-likeness (QED) is 0.840. The molecule has 2 bridgehead atoms. The van der Waals surface area contributed by atoms with Crippen LogP contribution in [0.4, 0.5) is 5.69 Å². The Morgan fingerprint density at radius 1 is 1.35 bits per heavy atom. The van der Waals surface area contributed by atoms with Crippen molar-refractivity contribution in [3.63, 3.8) is 0 Å². The van der Waals surface area contributed by atoms with E-state index < -0.39 is 0 Å². The predicted molar refractivity (Wildman–Crippen MR) is 66.9 cm³/mol. The highest BCUT2D eigenvalue weighted by Gasteiger charge is 2.33. The lowest BCUT2D eigenvalue weighted by molar-refractivity contribution is 0.0305. The predicted octanol–water partition coefficient (Wildman–Crippen LogP) is 1.47. The molecule has 92 valence electrons. The Labute approximate surface area is 102 Å². The highest BCUT2D eigenvalue weighted by Crippen LogP contribution is 2.29. The number of pyridine rings is 1. The molecule has 4 nitrogen and oxygen atoms in total. The molecular weight excluding hydrogens is 214 g/mol. The van der Waals surface area contributed by atoms with Crippen molar-refractivity contribution in [3.8, 4) is 0 Å². The summed E-state index contributed by atoms with van der Waals surface area (Å²) in [5, 5.41) is 0. The zero-order chi connectivity index (χ0) is 11.8. The van der Waals surface area contributed by atoms with Crippen LogP contribution in [0, 0.1) is 0 Å². The highest BCUT2D eigenvalue weighted by molar-refractivity contribution is 5.45. The van der Waals surface area contributed by atoms with Crippen LogP contribution in [0.25, 0.3) is 0 Å². The molecule has 0 spiro atoms. The van der Waals surface area contributed by atoms with Crippen molar-refractivity contribution in [1.82, 2.24) is 4.98 Å².